The molecule has 0 aliphatic carbocycles. The highest BCUT2D eigenvalue weighted by Gasteiger charge is 2.05. The number of hydrogen-bond donors (Lipinski definition) is 0. The number of rotatable bonds is 3. The molecule has 0 N–H and O–H groups in total. The Hall–Kier alpha value is -0.595. The van der Waals surface area contributed by atoms with Crippen molar-refractivity contribution >= 4 is 7.85 Å². The molecular weight excluding hydrogens is 159 g/mol. The van der Waals surface area contributed by atoms with Gasteiger partial charge >= 0.3 is 0 Å². The van der Waals surface area contributed by atoms with Gasteiger partial charge in [-0.15, -0.1) is 0 Å². The highest BCUT2D eigenvalue weighted by molar-refractivity contribution is 6.08. The molecule has 0 aromatic heterocycles. The molecule has 13 heavy (non-hydrogen) atoms. The molecular formula is C10H23BN2. The molecule has 0 aromatic rings. The zero-order valence-electron chi connectivity index (χ0n) is 9.58. The number of hydrogen-bond acceptors (Lipinski definition) is 2. The Bertz CT molecular complexity index is 137. The fourth-order valence-corrected chi connectivity index (χ4v) is 1.10. The molecule has 0 atom stereocenters. The van der Waals surface area contributed by atoms with Crippen molar-refractivity contribution < 1.29 is 0 Å². The topological polar surface area (TPSA) is 6.48 Å². The van der Waals surface area contributed by atoms with Crippen LogP contribution in [0.15, 0.2) is 12.4 Å². The summed E-state index contributed by atoms with van der Waals surface area (Å²) in [7, 11) is 4.22. The smallest absolute Gasteiger partial charge is 0.101 e. The summed E-state index contributed by atoms with van der Waals surface area (Å²) in [6, 6.07) is 0. The molecule has 2 nitrogen and oxygen atoms in total. The van der Waals surface area contributed by atoms with Crippen molar-refractivity contribution in [2.45, 2.75) is 33.0 Å². The molecule has 0 spiro atoms. The predicted octanol–water partition coefficient (Wildman–Crippen LogP) is 1.52. The first-order valence-corrected chi connectivity index (χ1v) is 5.37. The van der Waals surface area contributed by atoms with Gasteiger partial charge in [-0.05, 0) is 6.42 Å². The number of nitrogens with zero attached hydrogens (tertiary/aromatic N) is 2. The van der Waals surface area contributed by atoms with E-state index in [1.165, 1.54) is 25.7 Å². The minimum absolute atomic E-state index is 1.07. The van der Waals surface area contributed by atoms with E-state index in [0.29, 0.717) is 0 Å². The standard InChI is InChI=1S/C8H16N2.C2H7B/c1-3-4-5-10-7-6-9(2)8-10;1-2-3/h6-7H,3-5,8H2,1-2H3;2-3H2,1H3. The lowest BCUT2D eigenvalue weighted by atomic mass is 10.1. The van der Waals surface area contributed by atoms with Gasteiger partial charge in [0.1, 0.15) is 7.85 Å². The van der Waals surface area contributed by atoms with E-state index in [1.54, 1.807) is 0 Å². The maximum atomic E-state index is 2.34. The lowest BCUT2D eigenvalue weighted by molar-refractivity contribution is 0.293. The van der Waals surface area contributed by atoms with Gasteiger partial charge < -0.3 is 9.80 Å². The van der Waals surface area contributed by atoms with Crippen LogP contribution in [0.4, 0.5) is 0 Å². The van der Waals surface area contributed by atoms with Gasteiger partial charge in [0.2, 0.25) is 0 Å². The lowest BCUT2D eigenvalue weighted by Crippen LogP contribution is -2.23. The van der Waals surface area contributed by atoms with E-state index in [0.717, 1.165) is 6.67 Å². The molecule has 0 saturated carbocycles. The molecule has 0 unspecified atom stereocenters. The third kappa shape index (κ3) is 6.56. The van der Waals surface area contributed by atoms with Crippen molar-refractivity contribution in [3.05, 3.63) is 12.4 Å². The molecule has 0 amide bonds. The van der Waals surface area contributed by atoms with Gasteiger partial charge in [-0.1, -0.05) is 26.6 Å². The van der Waals surface area contributed by atoms with Crippen LogP contribution in [0, 0.1) is 0 Å². The fraction of sp³-hybridized carbons (Fsp3) is 0.800. The predicted molar refractivity (Wildman–Crippen MR) is 62.4 cm³/mol. The van der Waals surface area contributed by atoms with E-state index in [9.17, 15) is 0 Å². The van der Waals surface area contributed by atoms with E-state index in [4.69, 9.17) is 0 Å². The first kappa shape index (κ1) is 12.4. The second-order valence-electron chi connectivity index (χ2n) is 3.57. The van der Waals surface area contributed by atoms with Crippen molar-refractivity contribution in [3.8, 4) is 0 Å². The summed E-state index contributed by atoms with van der Waals surface area (Å²) in [6.45, 7) is 6.63. The highest BCUT2D eigenvalue weighted by atomic mass is 15.3. The van der Waals surface area contributed by atoms with E-state index in [2.05, 4.69) is 50.9 Å². The summed E-state index contributed by atoms with van der Waals surface area (Å²) in [6.07, 6.45) is 8.12. The molecule has 76 valence electrons. The molecule has 0 saturated heterocycles. The summed E-state index contributed by atoms with van der Waals surface area (Å²) in [5, 5.41) is 0. The Kier molecular flexibility index (Phi) is 7.66. The Morgan fingerprint density at radius 1 is 1.31 bits per heavy atom. The molecule has 0 aromatic carbocycles. The zero-order chi connectivity index (χ0) is 10.1. The van der Waals surface area contributed by atoms with Crippen molar-refractivity contribution in [3.63, 3.8) is 0 Å². The second kappa shape index (κ2) is 8.02. The van der Waals surface area contributed by atoms with E-state index < -0.39 is 0 Å². The van der Waals surface area contributed by atoms with Crippen LogP contribution in [-0.2, 0) is 0 Å². The van der Waals surface area contributed by atoms with E-state index >= 15 is 0 Å². The SMILES string of the molecule is BCC.CCCCN1C=CN(C)C1. The largest absolute Gasteiger partial charge is 0.362 e. The van der Waals surface area contributed by atoms with Crippen molar-refractivity contribution in [2.75, 3.05) is 20.3 Å². The van der Waals surface area contributed by atoms with Gasteiger partial charge in [-0.2, -0.15) is 0 Å². The van der Waals surface area contributed by atoms with Crippen molar-refractivity contribution in [1.82, 2.24) is 9.80 Å². The maximum absolute atomic E-state index is 2.34. The second-order valence-corrected chi connectivity index (χ2v) is 3.57. The molecule has 1 rings (SSSR count). The molecule has 0 fully saturated rings. The Morgan fingerprint density at radius 2 is 1.92 bits per heavy atom. The van der Waals surface area contributed by atoms with Crippen LogP contribution in [-0.4, -0.2) is 37.9 Å². The fourth-order valence-electron chi connectivity index (χ4n) is 1.10. The Morgan fingerprint density at radius 3 is 2.31 bits per heavy atom. The van der Waals surface area contributed by atoms with Gasteiger partial charge in [0, 0.05) is 26.0 Å². The first-order chi connectivity index (χ1) is 6.24. The van der Waals surface area contributed by atoms with E-state index in [-0.39, 0.29) is 0 Å². The van der Waals surface area contributed by atoms with Gasteiger partial charge in [0.25, 0.3) is 0 Å². The van der Waals surface area contributed by atoms with Crippen LogP contribution < -0.4 is 0 Å². The van der Waals surface area contributed by atoms with Gasteiger partial charge in [-0.25, -0.2) is 0 Å². The molecule has 1 aliphatic rings. The molecule has 1 aliphatic heterocycles. The minimum Gasteiger partial charge on any atom is -0.362 e. The Labute approximate surface area is 84.0 Å². The monoisotopic (exact) mass is 182 g/mol. The van der Waals surface area contributed by atoms with E-state index in [1.807, 2.05) is 0 Å². The van der Waals surface area contributed by atoms with Crippen molar-refractivity contribution in [2.24, 2.45) is 0 Å². The van der Waals surface area contributed by atoms with Crippen LogP contribution in [0.5, 0.6) is 0 Å². The zero-order valence-corrected chi connectivity index (χ0v) is 9.58. The number of unbranched alkanes of at least 4 members (excludes halogenated alkanes) is 1. The summed E-state index contributed by atoms with van der Waals surface area (Å²) in [5.74, 6) is 0. The molecule has 0 bridgehead atoms. The summed E-state index contributed by atoms with van der Waals surface area (Å²) in [4.78, 5) is 4.53. The minimum atomic E-state index is 1.07. The maximum Gasteiger partial charge on any atom is 0.101 e. The average molecular weight is 182 g/mol. The first-order valence-electron chi connectivity index (χ1n) is 5.37. The van der Waals surface area contributed by atoms with Crippen LogP contribution in [0.2, 0.25) is 6.32 Å². The molecule has 1 heterocycles. The lowest BCUT2D eigenvalue weighted by Gasteiger charge is -2.17. The van der Waals surface area contributed by atoms with Gasteiger partial charge in [0.15, 0.2) is 0 Å². The van der Waals surface area contributed by atoms with Gasteiger partial charge in [-0.3, -0.25) is 0 Å². The summed E-state index contributed by atoms with van der Waals surface area (Å²) >= 11 is 0. The van der Waals surface area contributed by atoms with Gasteiger partial charge in [0.05, 0.1) is 6.67 Å². The molecule has 0 radical (unpaired) electrons. The summed E-state index contributed by atoms with van der Waals surface area (Å²) in [5.41, 5.74) is 0. The third-order valence-electron chi connectivity index (χ3n) is 1.74. The van der Waals surface area contributed by atoms with Crippen molar-refractivity contribution in [1.29, 1.82) is 0 Å². The average Bonchev–Trinajstić information content (AvgIpc) is 2.49. The van der Waals surface area contributed by atoms with Crippen LogP contribution in [0.1, 0.15) is 26.7 Å². The highest BCUT2D eigenvalue weighted by Crippen LogP contribution is 2.04. The van der Waals surface area contributed by atoms with Crippen LogP contribution in [0.25, 0.3) is 0 Å². The quantitative estimate of drug-likeness (QED) is 0.610. The Balaban J connectivity index is 0.000000424. The normalized spacial score (nSPS) is 14.4. The summed E-state index contributed by atoms with van der Waals surface area (Å²) < 4.78 is 0. The third-order valence-corrected chi connectivity index (χ3v) is 1.74. The van der Waals surface area contributed by atoms with Crippen LogP contribution in [0.3, 0.4) is 0 Å². The molecule has 3 heteroatoms. The van der Waals surface area contributed by atoms with Crippen LogP contribution >= 0.6 is 0 Å².